The maximum atomic E-state index is 10.6. The van der Waals surface area contributed by atoms with Crippen LogP contribution in [0.25, 0.3) is 4.98 Å². The average molecular weight is 315 g/mol. The zero-order chi connectivity index (χ0) is 16.8. The number of diazo groups is 1. The van der Waals surface area contributed by atoms with E-state index in [1.54, 1.807) is 6.07 Å². The van der Waals surface area contributed by atoms with Gasteiger partial charge in [-0.1, -0.05) is 5.11 Å². The zero-order valence-electron chi connectivity index (χ0n) is 12.4. The van der Waals surface area contributed by atoms with Crippen molar-refractivity contribution >= 4 is 22.7 Å². The molecule has 0 atom stereocenters. The number of nitrogens with zero attached hydrogens (tertiary/aromatic N) is 4. The number of methoxy groups -OCH3 is 2. The molecule has 2 aromatic carbocycles. The summed E-state index contributed by atoms with van der Waals surface area (Å²) in [5.74, 6) is 0.721. The molecule has 0 amide bonds. The lowest BCUT2D eigenvalue weighted by Crippen LogP contribution is -2.57. The van der Waals surface area contributed by atoms with Crippen LogP contribution in [0.15, 0.2) is 41.5 Å². The van der Waals surface area contributed by atoms with E-state index < -0.39 is 4.92 Å². The van der Waals surface area contributed by atoms with Gasteiger partial charge in [-0.25, -0.2) is 0 Å². The Morgan fingerprint density at radius 1 is 1.17 bits per heavy atom. The van der Waals surface area contributed by atoms with Gasteiger partial charge in [0.1, 0.15) is 5.69 Å². The van der Waals surface area contributed by atoms with Crippen molar-refractivity contribution in [2.24, 2.45) is 5.11 Å². The summed E-state index contributed by atoms with van der Waals surface area (Å²) in [4.78, 5) is 13.2. The van der Waals surface area contributed by atoms with Crippen LogP contribution >= 0.6 is 0 Å². The number of ether oxygens (including phenoxy) is 2. The van der Waals surface area contributed by atoms with Crippen molar-refractivity contribution in [3.8, 4) is 11.5 Å². The first-order valence-electron chi connectivity index (χ1n) is 6.41. The van der Waals surface area contributed by atoms with Crippen molar-refractivity contribution < 1.29 is 19.5 Å². The number of hydrogen-bond acceptors (Lipinski definition) is 6. The van der Waals surface area contributed by atoms with Crippen molar-refractivity contribution in [3.05, 3.63) is 51.5 Å². The fourth-order valence-electron chi connectivity index (χ4n) is 1.82. The van der Waals surface area contributed by atoms with Crippen LogP contribution < -0.4 is 14.6 Å². The minimum absolute atomic E-state index is 0.0166. The second kappa shape index (κ2) is 6.95. The summed E-state index contributed by atoms with van der Waals surface area (Å²) in [6.45, 7) is 0. The van der Waals surface area contributed by atoms with Gasteiger partial charge in [0.05, 0.1) is 31.3 Å². The first-order chi connectivity index (χ1) is 11.1. The average Bonchev–Trinajstić information content (AvgIpc) is 2.59. The Morgan fingerprint density at radius 3 is 2.35 bits per heavy atom. The number of benzene rings is 2. The molecular formula is C14H13N5O4+2. The predicted molar refractivity (Wildman–Crippen MR) is 80.1 cm³/mol. The molecule has 2 rings (SSSR count). The van der Waals surface area contributed by atoms with Gasteiger partial charge in [0.15, 0.2) is 4.98 Å². The van der Waals surface area contributed by atoms with Gasteiger partial charge in [0.2, 0.25) is 16.9 Å². The molecule has 0 heterocycles. The molecule has 9 nitrogen and oxygen atoms in total. The highest BCUT2D eigenvalue weighted by molar-refractivity contribution is 5.66. The molecule has 0 fully saturated rings. The number of hydrogen-bond donors (Lipinski definition) is 1. The fraction of sp³-hybridized carbons (Fsp3) is 0.143. The standard InChI is InChI=1S/C14H12N5O4/c1-22-13-8-12(14(23-2)7-11(13)16-15)18-17-9-3-5-10(6-4-9)19(20)21/h3-8H,1-2H3/q+1/p+1. The predicted octanol–water partition coefficient (Wildman–Crippen LogP) is 2.59. The minimum atomic E-state index is -0.484. The quantitative estimate of drug-likeness (QED) is 0.394. The molecule has 0 aliphatic carbocycles. The van der Waals surface area contributed by atoms with Gasteiger partial charge in [-0.2, -0.15) is 0 Å². The Hall–Kier alpha value is -3.54. The van der Waals surface area contributed by atoms with Crippen LogP contribution in [0.4, 0.5) is 22.7 Å². The van der Waals surface area contributed by atoms with E-state index in [1.165, 1.54) is 44.6 Å². The van der Waals surface area contributed by atoms with Crippen LogP contribution in [-0.4, -0.2) is 19.1 Å². The SMILES string of the molecule is COc1cc([NH+]=Nc2ccc([N+](=O)[O-])cc2)c(OC)cc1[N+]#N. The van der Waals surface area contributed by atoms with Crippen molar-refractivity contribution in [2.75, 3.05) is 14.2 Å². The van der Waals surface area contributed by atoms with Crippen molar-refractivity contribution in [1.82, 2.24) is 0 Å². The molecule has 0 radical (unpaired) electrons. The van der Waals surface area contributed by atoms with E-state index in [2.05, 4.69) is 15.2 Å². The van der Waals surface area contributed by atoms with Crippen LogP contribution in [0.3, 0.4) is 0 Å². The van der Waals surface area contributed by atoms with Crippen LogP contribution in [0.5, 0.6) is 11.5 Å². The number of nitrogens with one attached hydrogen (secondary N) is 1. The maximum absolute atomic E-state index is 10.6. The second-order valence-corrected chi connectivity index (χ2v) is 4.32. The number of rotatable bonds is 5. The second-order valence-electron chi connectivity index (χ2n) is 4.32. The molecule has 0 saturated heterocycles. The van der Waals surface area contributed by atoms with Gasteiger partial charge in [0, 0.05) is 12.1 Å². The summed E-state index contributed by atoms with van der Waals surface area (Å²) >= 11 is 0. The van der Waals surface area contributed by atoms with E-state index in [4.69, 9.17) is 14.9 Å². The third-order valence-corrected chi connectivity index (χ3v) is 2.97. The largest absolute Gasteiger partial charge is 0.490 e. The summed E-state index contributed by atoms with van der Waals surface area (Å²) in [5, 5.41) is 26.4. The van der Waals surface area contributed by atoms with E-state index in [1.807, 2.05) is 0 Å². The topological polar surface area (TPSA) is 116 Å². The molecule has 0 aliphatic rings. The number of non-ortho nitro benzene ring substituents is 1. The van der Waals surface area contributed by atoms with Gasteiger partial charge in [0.25, 0.3) is 11.4 Å². The van der Waals surface area contributed by atoms with Gasteiger partial charge in [-0.05, 0) is 17.2 Å². The lowest BCUT2D eigenvalue weighted by Gasteiger charge is -2.00. The molecule has 2 aromatic rings. The Kier molecular flexibility index (Phi) is 4.79. The Balaban J connectivity index is 2.34. The maximum Gasteiger partial charge on any atom is 0.430 e. The summed E-state index contributed by atoms with van der Waals surface area (Å²) in [7, 11) is 2.90. The molecule has 0 aliphatic heterocycles. The Bertz CT molecular complexity index is 796. The first-order valence-corrected chi connectivity index (χ1v) is 6.41. The molecule has 23 heavy (non-hydrogen) atoms. The number of nitro benzene ring substituents is 1. The monoisotopic (exact) mass is 315 g/mol. The molecule has 9 heteroatoms. The van der Waals surface area contributed by atoms with Crippen molar-refractivity contribution in [3.63, 3.8) is 0 Å². The van der Waals surface area contributed by atoms with Crippen LogP contribution in [0, 0.1) is 15.5 Å². The summed E-state index contributed by atoms with van der Waals surface area (Å²) in [5.41, 5.74) is 1.17. The van der Waals surface area contributed by atoms with E-state index >= 15 is 0 Å². The molecular weight excluding hydrogens is 302 g/mol. The molecule has 0 aromatic heterocycles. The van der Waals surface area contributed by atoms with Crippen LogP contribution in [0.2, 0.25) is 0 Å². The highest BCUT2D eigenvalue weighted by atomic mass is 16.6. The highest BCUT2D eigenvalue weighted by Crippen LogP contribution is 2.35. The van der Waals surface area contributed by atoms with E-state index in [0.29, 0.717) is 22.9 Å². The third kappa shape index (κ3) is 3.56. The van der Waals surface area contributed by atoms with Crippen molar-refractivity contribution in [2.45, 2.75) is 0 Å². The fourth-order valence-corrected chi connectivity index (χ4v) is 1.82. The van der Waals surface area contributed by atoms with Crippen molar-refractivity contribution in [1.29, 1.82) is 5.39 Å². The lowest BCUT2D eigenvalue weighted by atomic mass is 10.2. The van der Waals surface area contributed by atoms with E-state index in [0.717, 1.165) is 0 Å². The summed E-state index contributed by atoms with van der Waals surface area (Å²) in [6, 6.07) is 8.76. The summed E-state index contributed by atoms with van der Waals surface area (Å²) < 4.78 is 10.3. The van der Waals surface area contributed by atoms with Gasteiger partial charge in [-0.15, -0.1) is 0 Å². The third-order valence-electron chi connectivity index (χ3n) is 2.97. The van der Waals surface area contributed by atoms with E-state index in [-0.39, 0.29) is 11.4 Å². The molecule has 0 unspecified atom stereocenters. The Morgan fingerprint density at radius 2 is 1.83 bits per heavy atom. The minimum Gasteiger partial charge on any atom is -0.490 e. The summed E-state index contributed by atoms with van der Waals surface area (Å²) in [6.07, 6.45) is 0. The number of azo groups is 1. The molecule has 0 saturated carbocycles. The van der Waals surface area contributed by atoms with Gasteiger partial charge < -0.3 is 9.47 Å². The molecule has 0 spiro atoms. The van der Waals surface area contributed by atoms with Gasteiger partial charge >= 0.3 is 5.69 Å². The van der Waals surface area contributed by atoms with Crippen LogP contribution in [-0.2, 0) is 0 Å². The van der Waals surface area contributed by atoms with Gasteiger partial charge in [-0.3, -0.25) is 10.1 Å². The Labute approximate surface area is 131 Å². The normalized spacial score (nSPS) is 10.3. The zero-order valence-corrected chi connectivity index (χ0v) is 12.4. The molecule has 116 valence electrons. The smallest absolute Gasteiger partial charge is 0.430 e. The lowest BCUT2D eigenvalue weighted by molar-refractivity contribution is -0.434. The molecule has 0 bridgehead atoms. The highest BCUT2D eigenvalue weighted by Gasteiger charge is 2.23. The number of nitro groups is 1. The first kappa shape index (κ1) is 15.8. The molecule has 1 N–H and O–H groups in total. The van der Waals surface area contributed by atoms with Crippen LogP contribution in [0.1, 0.15) is 0 Å². The van der Waals surface area contributed by atoms with E-state index in [9.17, 15) is 10.1 Å².